The molecule has 24 heavy (non-hydrogen) atoms. The molecule has 5 heteroatoms. The Morgan fingerprint density at radius 2 is 2.17 bits per heavy atom. The van der Waals surface area contributed by atoms with Crippen molar-refractivity contribution in [2.24, 2.45) is 5.92 Å². The first-order valence-corrected chi connectivity index (χ1v) is 8.21. The molecule has 0 spiro atoms. The third-order valence-corrected chi connectivity index (χ3v) is 4.70. The predicted octanol–water partition coefficient (Wildman–Crippen LogP) is 4.39. The summed E-state index contributed by atoms with van der Waals surface area (Å²) in [5.41, 5.74) is 8.21. The molecule has 1 unspecified atom stereocenters. The lowest BCUT2D eigenvalue weighted by atomic mass is 9.79. The first-order valence-electron chi connectivity index (χ1n) is 8.21. The standard InChI is InChI=1S/C19H19F2N3/c1-2-3-11-4-7-17-14(8-11)18(15(10-22)19(23)24-17)13-9-12(20)5-6-16(13)21/h5-6,9,11H,2-4,7-8H2,1H3,(H2,23,24). The average molecular weight is 327 g/mol. The largest absolute Gasteiger partial charge is 0.383 e. The molecular formula is C19H19F2N3. The number of hydrogen-bond donors (Lipinski definition) is 1. The number of nitrogens with two attached hydrogens (primary N) is 1. The van der Waals surface area contributed by atoms with E-state index in [4.69, 9.17) is 5.73 Å². The van der Waals surface area contributed by atoms with Gasteiger partial charge in [0.05, 0.1) is 0 Å². The molecule has 3 nitrogen and oxygen atoms in total. The SMILES string of the molecule is CCCC1CCc2nc(N)c(C#N)c(-c3cc(F)ccc3F)c2C1. The van der Waals surface area contributed by atoms with Gasteiger partial charge in [-0.3, -0.25) is 0 Å². The summed E-state index contributed by atoms with van der Waals surface area (Å²) in [7, 11) is 0. The number of fused-ring (bicyclic) bond motifs is 1. The summed E-state index contributed by atoms with van der Waals surface area (Å²) in [6, 6.07) is 5.32. The molecule has 0 bridgehead atoms. The number of aromatic nitrogens is 1. The van der Waals surface area contributed by atoms with E-state index in [0.717, 1.165) is 61.6 Å². The summed E-state index contributed by atoms with van der Waals surface area (Å²) in [6.45, 7) is 2.13. The quantitative estimate of drug-likeness (QED) is 0.909. The number of halogens is 2. The van der Waals surface area contributed by atoms with Crippen molar-refractivity contribution in [2.45, 2.75) is 39.0 Å². The fraction of sp³-hybridized carbons (Fsp3) is 0.368. The van der Waals surface area contributed by atoms with Gasteiger partial charge in [-0.15, -0.1) is 0 Å². The second-order valence-electron chi connectivity index (χ2n) is 6.31. The van der Waals surface area contributed by atoms with Crippen LogP contribution in [0.4, 0.5) is 14.6 Å². The summed E-state index contributed by atoms with van der Waals surface area (Å²) in [5, 5.41) is 9.51. The second-order valence-corrected chi connectivity index (χ2v) is 6.31. The van der Waals surface area contributed by atoms with Crippen LogP contribution < -0.4 is 5.73 Å². The third-order valence-electron chi connectivity index (χ3n) is 4.70. The van der Waals surface area contributed by atoms with Gasteiger partial charge in [0.25, 0.3) is 0 Å². The van der Waals surface area contributed by atoms with E-state index >= 15 is 0 Å². The Balaban J connectivity index is 2.26. The van der Waals surface area contributed by atoms with Crippen LogP contribution >= 0.6 is 0 Å². The molecule has 0 aliphatic heterocycles. The van der Waals surface area contributed by atoms with Gasteiger partial charge in [-0.2, -0.15) is 5.26 Å². The maximum Gasteiger partial charge on any atom is 0.142 e. The molecule has 2 aromatic rings. The van der Waals surface area contributed by atoms with Crippen molar-refractivity contribution in [1.29, 1.82) is 5.26 Å². The van der Waals surface area contributed by atoms with E-state index < -0.39 is 11.6 Å². The van der Waals surface area contributed by atoms with Crippen LogP contribution in [-0.4, -0.2) is 4.98 Å². The van der Waals surface area contributed by atoms with Crippen LogP contribution in [0.1, 0.15) is 43.0 Å². The Morgan fingerprint density at radius 1 is 1.38 bits per heavy atom. The van der Waals surface area contributed by atoms with Crippen molar-refractivity contribution < 1.29 is 8.78 Å². The molecule has 1 atom stereocenters. The lowest BCUT2D eigenvalue weighted by Crippen LogP contribution is -2.19. The minimum atomic E-state index is -0.557. The molecule has 1 aromatic carbocycles. The summed E-state index contributed by atoms with van der Waals surface area (Å²) in [5.74, 6) is -0.544. The van der Waals surface area contributed by atoms with Gasteiger partial charge < -0.3 is 5.73 Å². The van der Waals surface area contributed by atoms with E-state index in [0.29, 0.717) is 11.5 Å². The average Bonchev–Trinajstić information content (AvgIpc) is 2.56. The van der Waals surface area contributed by atoms with Crippen molar-refractivity contribution in [3.05, 3.63) is 46.7 Å². The molecule has 0 radical (unpaired) electrons. The molecule has 0 amide bonds. The highest BCUT2D eigenvalue weighted by molar-refractivity contribution is 5.79. The van der Waals surface area contributed by atoms with Gasteiger partial charge in [0.1, 0.15) is 29.1 Å². The van der Waals surface area contributed by atoms with Gasteiger partial charge in [-0.1, -0.05) is 19.8 Å². The Bertz CT molecular complexity index is 824. The zero-order valence-corrected chi connectivity index (χ0v) is 13.6. The minimum absolute atomic E-state index is 0.0869. The number of nitrogens with zero attached hydrogens (tertiary/aromatic N) is 2. The topological polar surface area (TPSA) is 62.7 Å². The summed E-state index contributed by atoms with van der Waals surface area (Å²) < 4.78 is 28.1. The highest BCUT2D eigenvalue weighted by Crippen LogP contribution is 2.39. The van der Waals surface area contributed by atoms with E-state index in [2.05, 4.69) is 11.9 Å². The molecular weight excluding hydrogens is 308 g/mol. The highest BCUT2D eigenvalue weighted by Gasteiger charge is 2.27. The van der Waals surface area contributed by atoms with Crippen molar-refractivity contribution >= 4 is 5.82 Å². The summed E-state index contributed by atoms with van der Waals surface area (Å²) >= 11 is 0. The lowest BCUT2D eigenvalue weighted by Gasteiger charge is -2.27. The molecule has 0 saturated carbocycles. The zero-order chi connectivity index (χ0) is 17.3. The molecule has 0 fully saturated rings. The van der Waals surface area contributed by atoms with Crippen LogP contribution in [0.2, 0.25) is 0 Å². The fourth-order valence-corrected chi connectivity index (χ4v) is 3.60. The molecule has 1 aliphatic rings. The molecule has 124 valence electrons. The third kappa shape index (κ3) is 2.84. The van der Waals surface area contributed by atoms with E-state index in [9.17, 15) is 14.0 Å². The van der Waals surface area contributed by atoms with Crippen molar-refractivity contribution in [1.82, 2.24) is 4.98 Å². The lowest BCUT2D eigenvalue weighted by molar-refractivity contribution is 0.419. The number of aryl methyl sites for hydroxylation is 1. The molecule has 2 N–H and O–H groups in total. The highest BCUT2D eigenvalue weighted by atomic mass is 19.1. The second kappa shape index (κ2) is 6.56. The Labute approximate surface area is 140 Å². The molecule has 1 aliphatic carbocycles. The van der Waals surface area contributed by atoms with E-state index in [-0.39, 0.29) is 16.9 Å². The van der Waals surface area contributed by atoms with E-state index in [1.807, 2.05) is 6.07 Å². The number of nitriles is 1. The normalized spacial score (nSPS) is 16.5. The van der Waals surface area contributed by atoms with Crippen LogP contribution in [0.15, 0.2) is 18.2 Å². The Morgan fingerprint density at radius 3 is 2.88 bits per heavy atom. The number of pyridine rings is 1. The maximum atomic E-state index is 14.4. The monoisotopic (exact) mass is 327 g/mol. The van der Waals surface area contributed by atoms with Crippen LogP contribution in [-0.2, 0) is 12.8 Å². The van der Waals surface area contributed by atoms with Crippen molar-refractivity contribution in [3.8, 4) is 17.2 Å². The minimum Gasteiger partial charge on any atom is -0.383 e. The van der Waals surface area contributed by atoms with Crippen LogP contribution in [0.5, 0.6) is 0 Å². The first kappa shape index (κ1) is 16.4. The number of anilines is 1. The van der Waals surface area contributed by atoms with E-state index in [1.54, 1.807) is 0 Å². The molecule has 0 saturated heterocycles. The van der Waals surface area contributed by atoms with Gasteiger partial charge in [-0.25, -0.2) is 13.8 Å². The van der Waals surface area contributed by atoms with Crippen molar-refractivity contribution in [2.75, 3.05) is 5.73 Å². The van der Waals surface area contributed by atoms with Gasteiger partial charge in [-0.05, 0) is 48.9 Å². The number of nitrogen functional groups attached to an aromatic ring is 1. The first-order chi connectivity index (χ1) is 11.5. The summed E-state index contributed by atoms with van der Waals surface area (Å²) in [6.07, 6.45) is 4.61. The van der Waals surface area contributed by atoms with Gasteiger partial charge in [0.2, 0.25) is 0 Å². The van der Waals surface area contributed by atoms with Crippen LogP contribution in [0, 0.1) is 28.9 Å². The predicted molar refractivity (Wildman–Crippen MR) is 89.1 cm³/mol. The van der Waals surface area contributed by atoms with Gasteiger partial charge in [0.15, 0.2) is 0 Å². The molecule has 3 rings (SSSR count). The number of benzene rings is 1. The van der Waals surface area contributed by atoms with Crippen LogP contribution in [0.25, 0.3) is 11.1 Å². The Kier molecular flexibility index (Phi) is 4.48. The van der Waals surface area contributed by atoms with Crippen molar-refractivity contribution in [3.63, 3.8) is 0 Å². The summed E-state index contributed by atoms with van der Waals surface area (Å²) in [4.78, 5) is 4.36. The van der Waals surface area contributed by atoms with Crippen LogP contribution in [0.3, 0.4) is 0 Å². The number of rotatable bonds is 3. The smallest absolute Gasteiger partial charge is 0.142 e. The maximum absolute atomic E-state index is 14.4. The van der Waals surface area contributed by atoms with Gasteiger partial charge >= 0.3 is 0 Å². The molecule has 1 aromatic heterocycles. The number of hydrogen-bond acceptors (Lipinski definition) is 3. The Hall–Kier alpha value is -2.48. The zero-order valence-electron chi connectivity index (χ0n) is 13.6. The van der Waals surface area contributed by atoms with Gasteiger partial charge in [0, 0.05) is 16.8 Å². The molecule has 1 heterocycles. The van der Waals surface area contributed by atoms with E-state index in [1.165, 1.54) is 0 Å². The fourth-order valence-electron chi connectivity index (χ4n) is 3.60.